The molecule has 122 valence electrons. The Morgan fingerprint density at radius 2 is 2.22 bits per heavy atom. The molecule has 0 aliphatic rings. The summed E-state index contributed by atoms with van der Waals surface area (Å²) in [5, 5.41) is 25.9. The van der Waals surface area contributed by atoms with Crippen LogP contribution in [0.2, 0.25) is 0 Å². The van der Waals surface area contributed by atoms with Crippen LogP contribution in [0.1, 0.15) is 28.6 Å². The quantitative estimate of drug-likeness (QED) is 0.531. The van der Waals surface area contributed by atoms with Crippen LogP contribution in [0.25, 0.3) is 0 Å². The van der Waals surface area contributed by atoms with Gasteiger partial charge in [0, 0.05) is 25.3 Å². The summed E-state index contributed by atoms with van der Waals surface area (Å²) in [5.41, 5.74) is 0.222. The number of hydrogen-bond donors (Lipinski definition) is 3. The van der Waals surface area contributed by atoms with E-state index in [4.69, 9.17) is 4.42 Å². The molecular weight excluding hydrogens is 302 g/mol. The van der Waals surface area contributed by atoms with Crippen molar-refractivity contribution in [2.24, 2.45) is 0 Å². The highest BCUT2D eigenvalue weighted by atomic mass is 16.6. The number of nitrogens with zero attached hydrogens (tertiary/aromatic N) is 1. The molecule has 0 aliphatic heterocycles. The Morgan fingerprint density at radius 1 is 1.43 bits per heavy atom. The van der Waals surface area contributed by atoms with Crippen LogP contribution in [0.3, 0.4) is 0 Å². The lowest BCUT2D eigenvalue weighted by atomic mass is 10.1. The topological polar surface area (TPSA) is 118 Å². The lowest BCUT2D eigenvalue weighted by Gasteiger charge is -2.17. The van der Waals surface area contributed by atoms with Gasteiger partial charge in [0.05, 0.1) is 17.2 Å². The predicted molar refractivity (Wildman–Crippen MR) is 83.3 cm³/mol. The highest BCUT2D eigenvalue weighted by Gasteiger charge is 2.21. The molecule has 0 saturated carbocycles. The summed E-state index contributed by atoms with van der Waals surface area (Å²) < 4.78 is 5.29. The number of carbonyl (C=O) groups is 1. The molecule has 0 aliphatic carbocycles. The summed E-state index contributed by atoms with van der Waals surface area (Å²) in [5.74, 6) is 0.154. The number of nitrogens with one attached hydrogen (secondary N) is 2. The second kappa shape index (κ2) is 7.41. The van der Waals surface area contributed by atoms with E-state index in [0.717, 1.165) is 0 Å². The molecule has 1 heterocycles. The zero-order valence-corrected chi connectivity index (χ0v) is 12.5. The van der Waals surface area contributed by atoms with Gasteiger partial charge in [-0.05, 0) is 30.7 Å². The van der Waals surface area contributed by atoms with E-state index >= 15 is 0 Å². The fourth-order valence-corrected chi connectivity index (χ4v) is 2.18. The van der Waals surface area contributed by atoms with E-state index in [9.17, 15) is 20.0 Å². The summed E-state index contributed by atoms with van der Waals surface area (Å²) in [6, 6.07) is 7.17. The van der Waals surface area contributed by atoms with Crippen LogP contribution in [0.4, 0.5) is 11.4 Å². The second-order valence-electron chi connectivity index (χ2n) is 4.79. The molecule has 3 N–H and O–H groups in total. The molecule has 23 heavy (non-hydrogen) atoms. The third kappa shape index (κ3) is 3.86. The maximum absolute atomic E-state index is 11.6. The molecule has 1 amide bonds. The van der Waals surface area contributed by atoms with Crippen molar-refractivity contribution in [2.75, 3.05) is 19.0 Å². The van der Waals surface area contributed by atoms with E-state index in [1.165, 1.54) is 31.5 Å². The Hall–Kier alpha value is -2.87. The lowest BCUT2D eigenvalue weighted by Crippen LogP contribution is -2.18. The maximum atomic E-state index is 11.6. The molecule has 1 unspecified atom stereocenters. The molecule has 0 spiro atoms. The number of benzene rings is 1. The standard InChI is InChI=1S/C15H17N3O5/c1-16-15(20)10-4-5-11(13(9-10)18(21)22)17-12(6-7-19)14-3-2-8-23-14/h2-5,8-9,12,17,19H,6-7H2,1H3,(H,16,20). The molecule has 8 nitrogen and oxygen atoms in total. The van der Waals surface area contributed by atoms with Gasteiger partial charge in [0.1, 0.15) is 11.4 Å². The normalized spacial score (nSPS) is 11.7. The van der Waals surface area contributed by atoms with Gasteiger partial charge in [-0.3, -0.25) is 14.9 Å². The van der Waals surface area contributed by atoms with Gasteiger partial charge in [0.25, 0.3) is 11.6 Å². The third-order valence-corrected chi connectivity index (χ3v) is 3.32. The lowest BCUT2D eigenvalue weighted by molar-refractivity contribution is -0.384. The van der Waals surface area contributed by atoms with Crippen molar-refractivity contribution in [2.45, 2.75) is 12.5 Å². The van der Waals surface area contributed by atoms with Crippen molar-refractivity contribution in [3.05, 3.63) is 58.0 Å². The third-order valence-electron chi connectivity index (χ3n) is 3.32. The Bertz CT molecular complexity index is 684. The van der Waals surface area contributed by atoms with Crippen LogP contribution in [0.15, 0.2) is 41.0 Å². The van der Waals surface area contributed by atoms with Crippen molar-refractivity contribution in [3.8, 4) is 0 Å². The number of aliphatic hydroxyl groups is 1. The van der Waals surface area contributed by atoms with Crippen LogP contribution < -0.4 is 10.6 Å². The molecule has 0 radical (unpaired) electrons. The molecule has 0 saturated heterocycles. The highest BCUT2D eigenvalue weighted by molar-refractivity contribution is 5.95. The van der Waals surface area contributed by atoms with Gasteiger partial charge in [-0.15, -0.1) is 0 Å². The van der Waals surface area contributed by atoms with Crippen LogP contribution >= 0.6 is 0 Å². The second-order valence-corrected chi connectivity index (χ2v) is 4.79. The Labute approximate surface area is 132 Å². The summed E-state index contributed by atoms with van der Waals surface area (Å²) in [6.45, 7) is -0.109. The largest absolute Gasteiger partial charge is 0.467 e. The number of hydrogen-bond acceptors (Lipinski definition) is 6. The smallest absolute Gasteiger partial charge is 0.293 e. The molecule has 1 atom stereocenters. The zero-order chi connectivity index (χ0) is 16.8. The van der Waals surface area contributed by atoms with E-state index in [1.807, 2.05) is 0 Å². The Kier molecular flexibility index (Phi) is 5.32. The molecule has 1 aromatic carbocycles. The van der Waals surface area contributed by atoms with Gasteiger partial charge in [-0.2, -0.15) is 0 Å². The number of anilines is 1. The number of nitro benzene ring substituents is 1. The first-order valence-electron chi connectivity index (χ1n) is 6.98. The van der Waals surface area contributed by atoms with Crippen molar-refractivity contribution < 1.29 is 19.2 Å². The van der Waals surface area contributed by atoms with E-state index in [0.29, 0.717) is 12.2 Å². The van der Waals surface area contributed by atoms with Crippen molar-refractivity contribution >= 4 is 17.3 Å². The SMILES string of the molecule is CNC(=O)c1ccc(NC(CCO)c2ccco2)c([N+](=O)[O-])c1. The van der Waals surface area contributed by atoms with Gasteiger partial charge in [0.15, 0.2) is 0 Å². The summed E-state index contributed by atoms with van der Waals surface area (Å²) in [7, 11) is 1.45. The van der Waals surface area contributed by atoms with E-state index in [2.05, 4.69) is 10.6 Å². The van der Waals surface area contributed by atoms with Crippen molar-refractivity contribution in [3.63, 3.8) is 0 Å². The predicted octanol–water partition coefficient (Wildman–Crippen LogP) is 2.08. The minimum Gasteiger partial charge on any atom is -0.467 e. The van der Waals surface area contributed by atoms with E-state index < -0.39 is 16.9 Å². The summed E-state index contributed by atoms with van der Waals surface area (Å²) in [4.78, 5) is 22.3. The summed E-state index contributed by atoms with van der Waals surface area (Å²) >= 11 is 0. The maximum Gasteiger partial charge on any atom is 0.293 e. The fraction of sp³-hybridized carbons (Fsp3) is 0.267. The van der Waals surface area contributed by atoms with E-state index in [1.54, 1.807) is 12.1 Å². The minimum absolute atomic E-state index is 0.109. The first kappa shape index (κ1) is 16.5. The number of rotatable bonds is 7. The van der Waals surface area contributed by atoms with Gasteiger partial charge in [-0.1, -0.05) is 0 Å². The van der Waals surface area contributed by atoms with Crippen LogP contribution in [-0.4, -0.2) is 29.6 Å². The Morgan fingerprint density at radius 3 is 2.78 bits per heavy atom. The van der Waals surface area contributed by atoms with Gasteiger partial charge >= 0.3 is 0 Å². The first-order chi connectivity index (χ1) is 11.1. The molecule has 2 aromatic rings. The number of nitro groups is 1. The molecule has 2 rings (SSSR count). The van der Waals surface area contributed by atoms with Gasteiger partial charge < -0.3 is 20.2 Å². The van der Waals surface area contributed by atoms with Crippen molar-refractivity contribution in [1.29, 1.82) is 0 Å². The number of amides is 1. The molecule has 1 aromatic heterocycles. The first-order valence-corrected chi connectivity index (χ1v) is 6.98. The number of aliphatic hydroxyl groups excluding tert-OH is 1. The zero-order valence-electron chi connectivity index (χ0n) is 12.5. The molecule has 0 fully saturated rings. The highest BCUT2D eigenvalue weighted by Crippen LogP contribution is 2.30. The molecule has 0 bridgehead atoms. The molecular formula is C15H17N3O5. The molecule has 8 heteroatoms. The van der Waals surface area contributed by atoms with Gasteiger partial charge in [-0.25, -0.2) is 0 Å². The average molecular weight is 319 g/mol. The summed E-state index contributed by atoms with van der Waals surface area (Å²) in [6.07, 6.45) is 1.81. The average Bonchev–Trinajstić information content (AvgIpc) is 3.08. The van der Waals surface area contributed by atoms with Crippen LogP contribution in [0, 0.1) is 10.1 Å². The van der Waals surface area contributed by atoms with Crippen LogP contribution in [-0.2, 0) is 0 Å². The minimum atomic E-state index is -0.563. The van der Waals surface area contributed by atoms with Crippen LogP contribution in [0.5, 0.6) is 0 Å². The van der Waals surface area contributed by atoms with E-state index in [-0.39, 0.29) is 23.5 Å². The number of carbonyl (C=O) groups excluding carboxylic acids is 1. The number of furan rings is 1. The fourth-order valence-electron chi connectivity index (χ4n) is 2.18. The van der Waals surface area contributed by atoms with Crippen molar-refractivity contribution in [1.82, 2.24) is 5.32 Å². The Balaban J connectivity index is 2.33. The van der Waals surface area contributed by atoms with Gasteiger partial charge in [0.2, 0.25) is 0 Å². The monoisotopic (exact) mass is 319 g/mol.